The first-order chi connectivity index (χ1) is 3.83. The zero-order valence-electron chi connectivity index (χ0n) is 4.12. The minimum Gasteiger partial charge on any atom is -0.352 e. The van der Waals surface area contributed by atoms with E-state index in [0.717, 1.165) is 9.93 Å². The van der Waals surface area contributed by atoms with E-state index in [0.29, 0.717) is 0 Å². The number of nitrogens with one attached hydrogen (secondary N) is 1. The molecule has 8 heavy (non-hydrogen) atoms. The van der Waals surface area contributed by atoms with Crippen molar-refractivity contribution in [3.8, 4) is 0 Å². The van der Waals surface area contributed by atoms with Crippen molar-refractivity contribution in [3.63, 3.8) is 0 Å². The molecule has 0 radical (unpaired) electrons. The van der Waals surface area contributed by atoms with Crippen LogP contribution in [0.2, 0.25) is 0 Å². The van der Waals surface area contributed by atoms with Crippen LogP contribution < -0.4 is 0 Å². The van der Waals surface area contributed by atoms with Gasteiger partial charge in [0.1, 0.15) is 0 Å². The molecule has 44 valence electrons. The summed E-state index contributed by atoms with van der Waals surface area (Å²) in [5.41, 5.74) is 1.19. The molecule has 1 heterocycles. The number of aromatic nitrogens is 1. The van der Waals surface area contributed by atoms with Crippen molar-refractivity contribution in [1.82, 2.24) is 4.98 Å². The van der Waals surface area contributed by atoms with Gasteiger partial charge in [0.15, 0.2) is 0 Å². The molecule has 0 aromatic carbocycles. The second kappa shape index (κ2) is 2.69. The highest BCUT2D eigenvalue weighted by atomic mass is 79.9. The lowest BCUT2D eigenvalue weighted by atomic mass is 10.5. The molecule has 0 amide bonds. The van der Waals surface area contributed by atoms with Gasteiger partial charge in [-0.3, -0.25) is 0 Å². The minimum absolute atomic E-state index is 0.888. The van der Waals surface area contributed by atoms with Gasteiger partial charge in [0.25, 0.3) is 0 Å². The maximum absolute atomic E-state index is 3.32. The molecular weight excluding hydrogens is 234 g/mol. The first-order valence-electron chi connectivity index (χ1n) is 2.22. The number of H-pyrrole nitrogens is 1. The topological polar surface area (TPSA) is 15.8 Å². The molecule has 1 aromatic heterocycles. The third-order valence-corrected chi connectivity index (χ3v) is 1.92. The van der Waals surface area contributed by atoms with E-state index in [1.54, 1.807) is 0 Å². The Morgan fingerprint density at radius 2 is 2.25 bits per heavy atom. The van der Waals surface area contributed by atoms with E-state index < -0.39 is 0 Å². The van der Waals surface area contributed by atoms with Crippen LogP contribution in [0.1, 0.15) is 5.69 Å². The van der Waals surface area contributed by atoms with Gasteiger partial charge in [0.2, 0.25) is 0 Å². The van der Waals surface area contributed by atoms with Crippen LogP contribution in [-0.2, 0) is 5.33 Å². The third-order valence-electron chi connectivity index (χ3n) is 0.855. The molecule has 3 heteroatoms. The molecule has 0 saturated heterocycles. The lowest BCUT2D eigenvalue weighted by Crippen LogP contribution is -1.71. The smallest absolute Gasteiger partial charge is 0.0822 e. The van der Waals surface area contributed by atoms with E-state index in [-0.39, 0.29) is 0 Å². The summed E-state index contributed by atoms with van der Waals surface area (Å²) in [5, 5.41) is 0.888. The van der Waals surface area contributed by atoms with Crippen LogP contribution in [0.5, 0.6) is 0 Å². The van der Waals surface area contributed by atoms with Crippen LogP contribution in [0.4, 0.5) is 0 Å². The summed E-state index contributed by atoms with van der Waals surface area (Å²) in [6.07, 6.45) is 0. The van der Waals surface area contributed by atoms with E-state index in [1.807, 2.05) is 12.1 Å². The average Bonchev–Trinajstić information content (AvgIpc) is 2.14. The molecule has 0 spiro atoms. The fourth-order valence-corrected chi connectivity index (χ4v) is 1.20. The van der Waals surface area contributed by atoms with Crippen molar-refractivity contribution < 1.29 is 0 Å². The van der Waals surface area contributed by atoms with Crippen molar-refractivity contribution in [3.05, 3.63) is 22.4 Å². The van der Waals surface area contributed by atoms with Gasteiger partial charge in [0, 0.05) is 11.0 Å². The molecule has 0 aliphatic rings. The summed E-state index contributed by atoms with van der Waals surface area (Å²) in [6, 6.07) is 4.01. The van der Waals surface area contributed by atoms with E-state index >= 15 is 0 Å². The van der Waals surface area contributed by atoms with Gasteiger partial charge >= 0.3 is 0 Å². The van der Waals surface area contributed by atoms with Crippen LogP contribution in [0.15, 0.2) is 16.7 Å². The SMILES string of the molecule is BrCc1ccc(Br)[nH]1. The summed E-state index contributed by atoms with van der Waals surface area (Å²) < 4.78 is 1.03. The second-order valence-corrected chi connectivity index (χ2v) is 2.88. The average molecular weight is 239 g/mol. The molecule has 1 rings (SSSR count). The maximum Gasteiger partial charge on any atom is 0.0822 e. The molecular formula is C5H5Br2N. The highest BCUT2D eigenvalue weighted by Gasteiger charge is 1.89. The largest absolute Gasteiger partial charge is 0.352 e. The Morgan fingerprint density at radius 3 is 2.50 bits per heavy atom. The minimum atomic E-state index is 0.888. The van der Waals surface area contributed by atoms with Crippen LogP contribution in [0.25, 0.3) is 0 Å². The predicted octanol–water partition coefficient (Wildman–Crippen LogP) is 2.67. The quantitative estimate of drug-likeness (QED) is 0.725. The van der Waals surface area contributed by atoms with E-state index in [1.165, 1.54) is 5.69 Å². The number of hydrogen-bond donors (Lipinski definition) is 1. The Hall–Kier alpha value is 0.240. The van der Waals surface area contributed by atoms with Crippen LogP contribution in [0, 0.1) is 0 Å². The predicted molar refractivity (Wildman–Crippen MR) is 41.1 cm³/mol. The lowest BCUT2D eigenvalue weighted by Gasteiger charge is -1.82. The molecule has 1 N–H and O–H groups in total. The Morgan fingerprint density at radius 1 is 1.50 bits per heavy atom. The number of halogens is 2. The van der Waals surface area contributed by atoms with Crippen molar-refractivity contribution in [2.75, 3.05) is 0 Å². The van der Waals surface area contributed by atoms with Crippen LogP contribution in [-0.4, -0.2) is 4.98 Å². The van der Waals surface area contributed by atoms with Gasteiger partial charge in [-0.05, 0) is 28.1 Å². The summed E-state index contributed by atoms with van der Waals surface area (Å²) >= 11 is 6.62. The van der Waals surface area contributed by atoms with E-state index in [4.69, 9.17) is 0 Å². The van der Waals surface area contributed by atoms with Crippen molar-refractivity contribution >= 4 is 31.9 Å². The van der Waals surface area contributed by atoms with Crippen molar-refractivity contribution in [2.24, 2.45) is 0 Å². The van der Waals surface area contributed by atoms with Crippen molar-refractivity contribution in [1.29, 1.82) is 0 Å². The number of alkyl halides is 1. The van der Waals surface area contributed by atoms with E-state index in [2.05, 4.69) is 36.8 Å². The Kier molecular flexibility index (Phi) is 2.14. The summed E-state index contributed by atoms with van der Waals surface area (Å²) in [7, 11) is 0. The molecule has 1 aromatic rings. The zero-order valence-corrected chi connectivity index (χ0v) is 7.29. The molecule has 0 aliphatic carbocycles. The number of hydrogen-bond acceptors (Lipinski definition) is 0. The number of aromatic amines is 1. The van der Waals surface area contributed by atoms with E-state index in [9.17, 15) is 0 Å². The van der Waals surface area contributed by atoms with Gasteiger partial charge in [-0.15, -0.1) is 0 Å². The van der Waals surface area contributed by atoms with Gasteiger partial charge < -0.3 is 4.98 Å². The standard InChI is InChI=1S/C5H5Br2N/c6-3-4-1-2-5(7)8-4/h1-2,8H,3H2. The Labute approximate surface area is 64.7 Å². The van der Waals surface area contributed by atoms with Crippen LogP contribution >= 0.6 is 31.9 Å². The summed E-state index contributed by atoms with van der Waals surface area (Å²) in [5.74, 6) is 0. The molecule has 0 unspecified atom stereocenters. The Balaban J connectivity index is 2.84. The third kappa shape index (κ3) is 1.36. The molecule has 0 saturated carbocycles. The van der Waals surface area contributed by atoms with Crippen LogP contribution in [0.3, 0.4) is 0 Å². The summed E-state index contributed by atoms with van der Waals surface area (Å²) in [6.45, 7) is 0. The van der Waals surface area contributed by atoms with Gasteiger partial charge in [0.05, 0.1) is 4.60 Å². The normalized spacial score (nSPS) is 9.75. The molecule has 0 atom stereocenters. The molecule has 0 aliphatic heterocycles. The summed E-state index contributed by atoms with van der Waals surface area (Å²) in [4.78, 5) is 3.10. The van der Waals surface area contributed by atoms with Gasteiger partial charge in [-0.25, -0.2) is 0 Å². The van der Waals surface area contributed by atoms with Gasteiger partial charge in [-0.2, -0.15) is 0 Å². The lowest BCUT2D eigenvalue weighted by molar-refractivity contribution is 1.22. The molecule has 0 fully saturated rings. The highest BCUT2D eigenvalue weighted by Crippen LogP contribution is 2.10. The number of rotatable bonds is 1. The first-order valence-corrected chi connectivity index (χ1v) is 4.13. The Bertz CT molecular complexity index is 171. The van der Waals surface area contributed by atoms with Crippen molar-refractivity contribution in [2.45, 2.75) is 5.33 Å². The first kappa shape index (κ1) is 6.36. The fourth-order valence-electron chi connectivity index (χ4n) is 0.488. The zero-order chi connectivity index (χ0) is 5.98. The fraction of sp³-hybridized carbons (Fsp3) is 0.200. The second-order valence-electron chi connectivity index (χ2n) is 1.47. The van der Waals surface area contributed by atoms with Gasteiger partial charge in [-0.1, -0.05) is 15.9 Å². The maximum atomic E-state index is 3.32. The highest BCUT2D eigenvalue weighted by molar-refractivity contribution is 9.10. The monoisotopic (exact) mass is 237 g/mol. The molecule has 0 bridgehead atoms. The molecule has 1 nitrogen and oxygen atoms in total.